The Balaban J connectivity index is 1.61. The second-order valence-corrected chi connectivity index (χ2v) is 10.4. The minimum atomic E-state index is 0.00808. The highest BCUT2D eigenvalue weighted by Crippen LogP contribution is 2.36. The van der Waals surface area contributed by atoms with E-state index in [2.05, 4.69) is 61.8 Å². The summed E-state index contributed by atoms with van der Waals surface area (Å²) >= 11 is 2.29. The average molecular weight is 568 g/mol. The third-order valence-electron chi connectivity index (χ3n) is 6.31. The summed E-state index contributed by atoms with van der Waals surface area (Å²) < 4.78 is 2.09. The van der Waals surface area contributed by atoms with Crippen LogP contribution < -0.4 is 5.32 Å². The molecule has 2 aromatic heterocycles. The van der Waals surface area contributed by atoms with Gasteiger partial charge in [0.2, 0.25) is 0 Å². The number of halogens is 1. The van der Waals surface area contributed by atoms with Gasteiger partial charge in [0.1, 0.15) is 0 Å². The zero-order valence-electron chi connectivity index (χ0n) is 18.9. The molecule has 33 heavy (non-hydrogen) atoms. The number of pyridine rings is 1. The number of fused-ring (bicyclic) bond motifs is 2. The highest BCUT2D eigenvalue weighted by atomic mass is 127. The summed E-state index contributed by atoms with van der Waals surface area (Å²) in [6.45, 7) is 4.18. The molecular formula is C26H25IN4OS. The van der Waals surface area contributed by atoms with E-state index >= 15 is 0 Å². The van der Waals surface area contributed by atoms with Crippen molar-refractivity contribution in [3.05, 3.63) is 77.1 Å². The monoisotopic (exact) mass is 568 g/mol. The van der Waals surface area contributed by atoms with Gasteiger partial charge in [0, 0.05) is 85.4 Å². The molecule has 0 aliphatic carbocycles. The molecule has 168 valence electrons. The third kappa shape index (κ3) is 4.18. The first kappa shape index (κ1) is 22.4. The topological polar surface area (TPSA) is 50.2 Å². The van der Waals surface area contributed by atoms with Crippen LogP contribution in [0.25, 0.3) is 33.3 Å². The van der Waals surface area contributed by atoms with Gasteiger partial charge in [-0.15, -0.1) is 0 Å². The zero-order valence-corrected chi connectivity index (χ0v) is 21.8. The van der Waals surface area contributed by atoms with Crippen LogP contribution >= 0.6 is 30.3 Å². The first-order valence-electron chi connectivity index (χ1n) is 10.9. The molecule has 4 aromatic rings. The van der Waals surface area contributed by atoms with Gasteiger partial charge in [-0.3, -0.25) is 8.77 Å². The van der Waals surface area contributed by atoms with E-state index in [0.717, 1.165) is 47.2 Å². The molecule has 5 nitrogen and oxygen atoms in total. The molecule has 5 rings (SSSR count). The summed E-state index contributed by atoms with van der Waals surface area (Å²) in [6.07, 6.45) is 5.17. The standard InChI is InChI=1S/C26H25IN4OS/c1-16-10-20(11-19-8-9-28-14-23(16)19)21-12-22-24(15-31(33-27)25(22)29-13-21)17-4-6-18(7-5-17)26(32)30(2)3/h4-7,10-13,15,28H,8-9,14H2,1-3H3. The molecule has 0 spiro atoms. The van der Waals surface area contributed by atoms with Crippen LogP contribution in [-0.4, -0.2) is 40.4 Å². The van der Waals surface area contributed by atoms with Crippen LogP contribution in [0.15, 0.2) is 54.9 Å². The summed E-state index contributed by atoms with van der Waals surface area (Å²) in [4.78, 5) is 18.7. The lowest BCUT2D eigenvalue weighted by atomic mass is 9.91. The Hall–Kier alpha value is -2.36. The number of rotatable bonds is 4. The number of benzene rings is 2. The number of aromatic nitrogens is 2. The first-order valence-corrected chi connectivity index (χ1v) is 14.2. The quantitative estimate of drug-likeness (QED) is 0.313. The molecule has 2 aromatic carbocycles. The molecule has 0 bridgehead atoms. The summed E-state index contributed by atoms with van der Waals surface area (Å²) in [5.74, 6) is 0.00808. The van der Waals surface area contributed by atoms with E-state index < -0.39 is 0 Å². The van der Waals surface area contributed by atoms with Gasteiger partial charge in [-0.2, -0.15) is 0 Å². The molecule has 1 N–H and O–H groups in total. The number of hydrogen-bond acceptors (Lipinski definition) is 4. The largest absolute Gasteiger partial charge is 0.345 e. The van der Waals surface area contributed by atoms with Gasteiger partial charge in [0.25, 0.3) is 5.91 Å². The normalized spacial score (nSPS) is 13.2. The fourth-order valence-electron chi connectivity index (χ4n) is 4.54. The average Bonchev–Trinajstić information content (AvgIpc) is 3.21. The summed E-state index contributed by atoms with van der Waals surface area (Å²) in [7, 11) is 5.15. The van der Waals surface area contributed by atoms with Crippen LogP contribution in [0.5, 0.6) is 0 Å². The van der Waals surface area contributed by atoms with Gasteiger partial charge in [0.05, 0.1) is 0 Å². The molecule has 0 radical (unpaired) electrons. The number of aryl methyl sites for hydroxylation is 1. The van der Waals surface area contributed by atoms with Crippen LogP contribution in [0.4, 0.5) is 0 Å². The zero-order chi connectivity index (χ0) is 23.1. The van der Waals surface area contributed by atoms with Crippen molar-refractivity contribution in [2.45, 2.75) is 19.9 Å². The highest BCUT2D eigenvalue weighted by Gasteiger charge is 2.17. The molecule has 1 amide bonds. The SMILES string of the molecule is Cc1cc(-c2cnc3c(c2)c(-c2ccc(C(=O)N(C)C)cc2)cn3SI)cc2c1CNCC2. The van der Waals surface area contributed by atoms with E-state index in [-0.39, 0.29) is 5.91 Å². The Morgan fingerprint density at radius 3 is 2.64 bits per heavy atom. The maximum Gasteiger partial charge on any atom is 0.253 e. The van der Waals surface area contributed by atoms with Crippen molar-refractivity contribution in [2.75, 3.05) is 20.6 Å². The van der Waals surface area contributed by atoms with Crippen LogP contribution in [0, 0.1) is 6.92 Å². The van der Waals surface area contributed by atoms with Gasteiger partial charge < -0.3 is 10.2 Å². The minimum absolute atomic E-state index is 0.00808. The number of nitrogens with one attached hydrogen (secondary N) is 1. The van der Waals surface area contributed by atoms with E-state index in [1.54, 1.807) is 28.1 Å². The van der Waals surface area contributed by atoms with E-state index in [1.807, 2.05) is 30.5 Å². The summed E-state index contributed by atoms with van der Waals surface area (Å²) in [6, 6.07) is 14.7. The number of amides is 1. The Morgan fingerprint density at radius 2 is 1.91 bits per heavy atom. The number of carbonyl (C=O) groups excluding carboxylic acids is 1. The maximum absolute atomic E-state index is 12.3. The first-order chi connectivity index (χ1) is 16.0. The van der Waals surface area contributed by atoms with Crippen LogP contribution in [-0.2, 0) is 13.0 Å². The van der Waals surface area contributed by atoms with E-state index in [0.29, 0.717) is 5.56 Å². The molecule has 7 heteroatoms. The molecule has 0 unspecified atom stereocenters. The second-order valence-electron chi connectivity index (χ2n) is 8.67. The molecule has 3 heterocycles. The van der Waals surface area contributed by atoms with Crippen molar-refractivity contribution in [3.63, 3.8) is 0 Å². The second kappa shape index (κ2) is 9.12. The molecule has 0 saturated carbocycles. The maximum atomic E-state index is 12.3. The summed E-state index contributed by atoms with van der Waals surface area (Å²) in [5.41, 5.74) is 10.4. The van der Waals surface area contributed by atoms with E-state index in [9.17, 15) is 4.79 Å². The number of hydrogen-bond donors (Lipinski definition) is 1. The molecule has 0 atom stereocenters. The van der Waals surface area contributed by atoms with Crippen molar-refractivity contribution < 1.29 is 4.79 Å². The molecule has 0 fully saturated rings. The van der Waals surface area contributed by atoms with Crippen molar-refractivity contribution in [2.24, 2.45) is 0 Å². The Labute approximate surface area is 210 Å². The van der Waals surface area contributed by atoms with E-state index in [1.165, 1.54) is 22.3 Å². The van der Waals surface area contributed by atoms with Crippen molar-refractivity contribution >= 4 is 47.3 Å². The Kier molecular flexibility index (Phi) is 6.20. The summed E-state index contributed by atoms with van der Waals surface area (Å²) in [5, 5.41) is 4.59. The van der Waals surface area contributed by atoms with Gasteiger partial charge in [-0.1, -0.05) is 24.3 Å². The molecule has 1 aliphatic rings. The van der Waals surface area contributed by atoms with Gasteiger partial charge in [0.15, 0.2) is 5.65 Å². The van der Waals surface area contributed by atoms with E-state index in [4.69, 9.17) is 4.98 Å². The lowest BCUT2D eigenvalue weighted by molar-refractivity contribution is 0.0827. The Bertz CT molecular complexity index is 1360. The van der Waals surface area contributed by atoms with Gasteiger partial charge in [-0.25, -0.2) is 4.98 Å². The third-order valence-corrected chi connectivity index (χ3v) is 8.01. The lowest BCUT2D eigenvalue weighted by Gasteiger charge is -2.20. The number of nitrogens with zero attached hydrogens (tertiary/aromatic N) is 3. The van der Waals surface area contributed by atoms with Crippen molar-refractivity contribution in [1.29, 1.82) is 0 Å². The fourth-order valence-corrected chi connectivity index (χ4v) is 5.80. The fraction of sp³-hybridized carbons (Fsp3) is 0.231. The van der Waals surface area contributed by atoms with Gasteiger partial charge in [-0.05, 0) is 65.9 Å². The van der Waals surface area contributed by atoms with Gasteiger partial charge >= 0.3 is 0 Å². The predicted octanol–water partition coefficient (Wildman–Crippen LogP) is 5.87. The minimum Gasteiger partial charge on any atom is -0.345 e. The van der Waals surface area contributed by atoms with Crippen molar-refractivity contribution in [3.8, 4) is 22.3 Å². The molecular weight excluding hydrogens is 543 g/mol. The van der Waals surface area contributed by atoms with Crippen molar-refractivity contribution in [1.82, 2.24) is 19.2 Å². The van der Waals surface area contributed by atoms with Crippen LogP contribution in [0.2, 0.25) is 0 Å². The molecule has 0 saturated heterocycles. The highest BCUT2D eigenvalue weighted by molar-refractivity contribution is 14.2. The number of carbonyl (C=O) groups is 1. The van der Waals surface area contributed by atoms with Crippen LogP contribution in [0.3, 0.4) is 0 Å². The predicted molar refractivity (Wildman–Crippen MR) is 146 cm³/mol. The van der Waals surface area contributed by atoms with Crippen LogP contribution in [0.1, 0.15) is 27.0 Å². The Morgan fingerprint density at radius 1 is 1.12 bits per heavy atom. The molecule has 1 aliphatic heterocycles. The smallest absolute Gasteiger partial charge is 0.253 e. The lowest BCUT2D eigenvalue weighted by Crippen LogP contribution is -2.24.